The van der Waals surface area contributed by atoms with Crippen LogP contribution in [0.4, 0.5) is 0 Å². The lowest BCUT2D eigenvalue weighted by atomic mass is 10.1. The quantitative estimate of drug-likeness (QED) is 0.332. The van der Waals surface area contributed by atoms with Crippen molar-refractivity contribution in [3.8, 4) is 5.75 Å². The van der Waals surface area contributed by atoms with Crippen LogP contribution in [0.25, 0.3) is 6.08 Å². The molecule has 1 aromatic rings. The molecule has 1 aromatic carbocycles. The molecule has 0 N–H and O–H groups in total. The zero-order valence-electron chi connectivity index (χ0n) is 11.5. The first-order valence-corrected chi connectivity index (χ1v) is 6.15. The van der Waals surface area contributed by atoms with Gasteiger partial charge in [-0.3, -0.25) is 14.9 Å². The van der Waals surface area contributed by atoms with E-state index in [-0.39, 0.29) is 24.7 Å². The Morgan fingerprint density at radius 1 is 1.35 bits per heavy atom. The average molecular weight is 279 g/mol. The van der Waals surface area contributed by atoms with Crippen LogP contribution in [0.1, 0.15) is 25.3 Å². The molecule has 0 aliphatic heterocycles. The molecule has 0 unspecified atom stereocenters. The van der Waals surface area contributed by atoms with Gasteiger partial charge >= 0.3 is 5.97 Å². The highest BCUT2D eigenvalue weighted by atomic mass is 16.6. The van der Waals surface area contributed by atoms with E-state index >= 15 is 0 Å². The highest BCUT2D eigenvalue weighted by Crippen LogP contribution is 2.16. The van der Waals surface area contributed by atoms with Crippen LogP contribution in [0.3, 0.4) is 0 Å². The largest absolute Gasteiger partial charge is 0.497 e. The summed E-state index contributed by atoms with van der Waals surface area (Å²) in [6.45, 7) is 1.49. The topological polar surface area (TPSA) is 78.7 Å². The molecule has 0 amide bonds. The van der Waals surface area contributed by atoms with E-state index in [4.69, 9.17) is 9.47 Å². The molecule has 0 heterocycles. The van der Waals surface area contributed by atoms with Crippen LogP contribution < -0.4 is 4.74 Å². The standard InChI is InChI=1S/C14H17NO5/c1-11(16)20-9-3-4-13(15(17)18)10-12-5-7-14(19-2)8-6-12/h5-8,10H,3-4,9H2,1-2H3/b13-10-. The van der Waals surface area contributed by atoms with Gasteiger partial charge in [0.25, 0.3) is 0 Å². The highest BCUT2D eigenvalue weighted by molar-refractivity contribution is 5.65. The third-order valence-corrected chi connectivity index (χ3v) is 2.57. The molecule has 0 aromatic heterocycles. The van der Waals surface area contributed by atoms with Gasteiger partial charge in [0.2, 0.25) is 5.70 Å². The van der Waals surface area contributed by atoms with Gasteiger partial charge < -0.3 is 9.47 Å². The maximum absolute atomic E-state index is 11.0. The molecule has 0 atom stereocenters. The summed E-state index contributed by atoms with van der Waals surface area (Å²) in [5, 5.41) is 11.0. The Morgan fingerprint density at radius 2 is 2.00 bits per heavy atom. The number of hydrogen-bond acceptors (Lipinski definition) is 5. The minimum absolute atomic E-state index is 0.0855. The molecule has 6 nitrogen and oxygen atoms in total. The molecule has 0 bridgehead atoms. The number of esters is 1. The number of ether oxygens (including phenoxy) is 2. The summed E-state index contributed by atoms with van der Waals surface area (Å²) >= 11 is 0. The molecule has 108 valence electrons. The van der Waals surface area contributed by atoms with Crippen molar-refractivity contribution in [3.63, 3.8) is 0 Å². The van der Waals surface area contributed by atoms with Gasteiger partial charge in [-0.25, -0.2) is 0 Å². The molecular formula is C14H17NO5. The summed E-state index contributed by atoms with van der Waals surface area (Å²) in [5.74, 6) is 0.312. The predicted octanol–water partition coefficient (Wildman–Crippen LogP) is 2.66. The van der Waals surface area contributed by atoms with Crippen molar-refractivity contribution in [1.29, 1.82) is 0 Å². The van der Waals surface area contributed by atoms with Crippen LogP contribution in [0.5, 0.6) is 5.75 Å². The fraction of sp³-hybridized carbons (Fsp3) is 0.357. The Labute approximate surface area is 117 Å². The predicted molar refractivity (Wildman–Crippen MR) is 73.8 cm³/mol. The van der Waals surface area contributed by atoms with Gasteiger partial charge in [0.05, 0.1) is 18.6 Å². The number of hydrogen-bond donors (Lipinski definition) is 0. The molecule has 6 heteroatoms. The zero-order valence-corrected chi connectivity index (χ0v) is 11.5. The Bertz CT molecular complexity index is 493. The summed E-state index contributed by atoms with van der Waals surface area (Å²) in [4.78, 5) is 21.1. The molecule has 0 radical (unpaired) electrons. The Hall–Kier alpha value is -2.37. The van der Waals surface area contributed by atoms with Gasteiger partial charge in [-0.1, -0.05) is 12.1 Å². The molecule has 1 rings (SSSR count). The van der Waals surface area contributed by atoms with E-state index in [0.29, 0.717) is 12.2 Å². The summed E-state index contributed by atoms with van der Waals surface area (Å²) in [7, 11) is 1.56. The smallest absolute Gasteiger partial charge is 0.302 e. The maximum atomic E-state index is 11.0. The summed E-state index contributed by atoms with van der Waals surface area (Å²) in [5.41, 5.74) is 0.812. The van der Waals surface area contributed by atoms with Crippen molar-refractivity contribution in [1.82, 2.24) is 0 Å². The van der Waals surface area contributed by atoms with Crippen molar-refractivity contribution in [2.75, 3.05) is 13.7 Å². The highest BCUT2D eigenvalue weighted by Gasteiger charge is 2.10. The van der Waals surface area contributed by atoms with Crippen molar-refractivity contribution in [2.24, 2.45) is 0 Å². The van der Waals surface area contributed by atoms with Crippen molar-refractivity contribution >= 4 is 12.0 Å². The first kappa shape index (κ1) is 15.7. The molecule has 0 aliphatic carbocycles. The van der Waals surface area contributed by atoms with Gasteiger partial charge in [-0.05, 0) is 24.1 Å². The van der Waals surface area contributed by atoms with E-state index < -0.39 is 4.92 Å². The number of carbonyl (C=O) groups excluding carboxylic acids is 1. The third-order valence-electron chi connectivity index (χ3n) is 2.57. The SMILES string of the molecule is COc1ccc(/C=C(/CCCOC(C)=O)[N+](=O)[O-])cc1. The molecule has 0 fully saturated rings. The fourth-order valence-electron chi connectivity index (χ4n) is 1.58. The second-order valence-electron chi connectivity index (χ2n) is 4.11. The maximum Gasteiger partial charge on any atom is 0.302 e. The number of nitro groups is 1. The van der Waals surface area contributed by atoms with Gasteiger partial charge in [0, 0.05) is 19.4 Å². The van der Waals surface area contributed by atoms with Crippen LogP contribution >= 0.6 is 0 Å². The Morgan fingerprint density at radius 3 is 2.50 bits per heavy atom. The minimum atomic E-state index is -0.419. The number of rotatable bonds is 7. The van der Waals surface area contributed by atoms with Crippen LogP contribution in [-0.4, -0.2) is 24.6 Å². The van der Waals surface area contributed by atoms with E-state index in [2.05, 4.69) is 0 Å². The van der Waals surface area contributed by atoms with Crippen molar-refractivity contribution < 1.29 is 19.2 Å². The normalized spacial score (nSPS) is 11.0. The molecular weight excluding hydrogens is 262 g/mol. The Kier molecular flexibility index (Phi) is 6.22. The molecule has 0 aliphatic rings. The number of nitrogens with zero attached hydrogens (tertiary/aromatic N) is 1. The first-order chi connectivity index (χ1) is 9.52. The minimum Gasteiger partial charge on any atom is -0.497 e. The lowest BCUT2D eigenvalue weighted by Gasteiger charge is -2.02. The van der Waals surface area contributed by atoms with E-state index in [1.807, 2.05) is 0 Å². The lowest BCUT2D eigenvalue weighted by molar-refractivity contribution is -0.426. The van der Waals surface area contributed by atoms with Crippen LogP contribution in [0.15, 0.2) is 30.0 Å². The summed E-state index contributed by atoms with van der Waals surface area (Å²) in [6.07, 6.45) is 2.17. The second kappa shape index (κ2) is 7.93. The van der Waals surface area contributed by atoms with Crippen LogP contribution in [0.2, 0.25) is 0 Å². The second-order valence-corrected chi connectivity index (χ2v) is 4.11. The molecule has 0 saturated heterocycles. The van der Waals surface area contributed by atoms with Crippen LogP contribution in [0, 0.1) is 10.1 Å². The molecule has 20 heavy (non-hydrogen) atoms. The summed E-state index contributed by atoms with van der Waals surface area (Å²) < 4.78 is 9.77. The average Bonchev–Trinajstić information content (AvgIpc) is 2.42. The molecule has 0 saturated carbocycles. The fourth-order valence-corrected chi connectivity index (χ4v) is 1.58. The van der Waals surface area contributed by atoms with Crippen molar-refractivity contribution in [2.45, 2.75) is 19.8 Å². The zero-order chi connectivity index (χ0) is 15.0. The van der Waals surface area contributed by atoms with Gasteiger partial charge in [-0.15, -0.1) is 0 Å². The van der Waals surface area contributed by atoms with Crippen LogP contribution in [-0.2, 0) is 9.53 Å². The van der Waals surface area contributed by atoms with Gasteiger partial charge in [0.15, 0.2) is 0 Å². The Balaban J connectivity index is 2.66. The van der Waals surface area contributed by atoms with Crippen molar-refractivity contribution in [3.05, 3.63) is 45.6 Å². The monoisotopic (exact) mass is 279 g/mol. The van der Waals surface area contributed by atoms with E-state index in [0.717, 1.165) is 5.56 Å². The van der Waals surface area contributed by atoms with Gasteiger partial charge in [-0.2, -0.15) is 0 Å². The number of benzene rings is 1. The number of allylic oxidation sites excluding steroid dienone is 1. The van der Waals surface area contributed by atoms with E-state index in [9.17, 15) is 14.9 Å². The third kappa shape index (κ3) is 5.51. The summed E-state index contributed by atoms with van der Waals surface area (Å²) in [6, 6.07) is 6.97. The lowest BCUT2D eigenvalue weighted by Crippen LogP contribution is -2.04. The van der Waals surface area contributed by atoms with Gasteiger partial charge in [0.1, 0.15) is 5.75 Å². The van der Waals surface area contributed by atoms with E-state index in [1.165, 1.54) is 13.0 Å². The number of carbonyl (C=O) groups is 1. The number of methoxy groups -OCH3 is 1. The van der Waals surface area contributed by atoms with E-state index in [1.54, 1.807) is 31.4 Å². The first-order valence-electron chi connectivity index (χ1n) is 6.15. The molecule has 0 spiro atoms.